The molecule has 30 heavy (non-hydrogen) atoms. The van der Waals surface area contributed by atoms with Crippen LogP contribution in [0.1, 0.15) is 61.6 Å². The highest BCUT2D eigenvalue weighted by atomic mass is 16.7. The molecule has 4 rings (SSSR count). The first-order chi connectivity index (χ1) is 14.5. The fraction of sp³-hybridized carbons (Fsp3) is 0.500. The fourth-order valence-corrected chi connectivity index (χ4v) is 4.30. The van der Waals surface area contributed by atoms with Gasteiger partial charge in [-0.2, -0.15) is 0 Å². The van der Waals surface area contributed by atoms with Crippen LogP contribution in [0.2, 0.25) is 0 Å². The number of Topliss-reactive ketones (excluding diaryl/α,β-unsaturated/α-hetero) is 1. The molecular weight excluding hydrogens is 382 g/mol. The lowest BCUT2D eigenvalue weighted by molar-refractivity contribution is -0.182. The van der Waals surface area contributed by atoms with Crippen LogP contribution in [0.3, 0.4) is 0 Å². The highest BCUT2D eigenvalue weighted by Crippen LogP contribution is 2.44. The van der Waals surface area contributed by atoms with Crippen molar-refractivity contribution in [3.05, 3.63) is 46.7 Å². The smallest absolute Gasteiger partial charge is 0.184 e. The minimum atomic E-state index is -0.518. The zero-order chi connectivity index (χ0) is 21.3. The van der Waals surface area contributed by atoms with E-state index >= 15 is 0 Å². The van der Waals surface area contributed by atoms with E-state index in [1.165, 1.54) is 5.57 Å². The van der Waals surface area contributed by atoms with Gasteiger partial charge in [0.05, 0.1) is 31.5 Å². The molecule has 0 spiro atoms. The minimum absolute atomic E-state index is 0.0832. The van der Waals surface area contributed by atoms with E-state index in [2.05, 4.69) is 32.0 Å². The molecule has 0 amide bonds. The van der Waals surface area contributed by atoms with Gasteiger partial charge in [0.15, 0.2) is 12.1 Å². The largest absolute Gasteiger partial charge is 0.496 e. The summed E-state index contributed by atoms with van der Waals surface area (Å²) >= 11 is 0. The van der Waals surface area contributed by atoms with Crippen molar-refractivity contribution >= 4 is 5.78 Å². The Morgan fingerprint density at radius 3 is 2.70 bits per heavy atom. The molecule has 6 nitrogen and oxygen atoms in total. The van der Waals surface area contributed by atoms with Gasteiger partial charge in [-0.1, -0.05) is 35.9 Å². The van der Waals surface area contributed by atoms with E-state index in [4.69, 9.17) is 18.7 Å². The number of benzene rings is 1. The SMILES string of the molecule is COc1cccc(C2OCCCO2)c1-c1noc2c1C(=O)C(CC=C(C)C)C(C)C2. The van der Waals surface area contributed by atoms with Crippen LogP contribution in [0.15, 0.2) is 34.4 Å². The number of ether oxygens (including phenoxy) is 3. The number of rotatable bonds is 5. The highest BCUT2D eigenvalue weighted by Gasteiger charge is 2.39. The zero-order valence-corrected chi connectivity index (χ0v) is 18.1. The Morgan fingerprint density at radius 2 is 2.00 bits per heavy atom. The van der Waals surface area contributed by atoms with Gasteiger partial charge in [-0.25, -0.2) is 0 Å². The summed E-state index contributed by atoms with van der Waals surface area (Å²) < 4.78 is 23.0. The van der Waals surface area contributed by atoms with E-state index in [9.17, 15) is 4.79 Å². The maximum atomic E-state index is 13.5. The van der Waals surface area contributed by atoms with Crippen LogP contribution in [-0.4, -0.2) is 31.3 Å². The zero-order valence-electron chi connectivity index (χ0n) is 18.1. The molecule has 1 fully saturated rings. The third-order valence-electron chi connectivity index (χ3n) is 5.92. The van der Waals surface area contributed by atoms with Crippen molar-refractivity contribution in [3.63, 3.8) is 0 Å². The molecule has 1 saturated heterocycles. The second kappa shape index (κ2) is 8.74. The van der Waals surface area contributed by atoms with Crippen molar-refractivity contribution in [1.82, 2.24) is 5.16 Å². The number of hydrogen-bond acceptors (Lipinski definition) is 6. The summed E-state index contributed by atoms with van der Waals surface area (Å²) in [5.41, 5.74) is 3.82. The van der Waals surface area contributed by atoms with E-state index in [-0.39, 0.29) is 17.6 Å². The van der Waals surface area contributed by atoms with Gasteiger partial charge in [-0.15, -0.1) is 0 Å². The van der Waals surface area contributed by atoms with E-state index < -0.39 is 6.29 Å². The van der Waals surface area contributed by atoms with Crippen molar-refractivity contribution in [3.8, 4) is 17.0 Å². The molecular formula is C24H29NO5. The Hall–Kier alpha value is -2.44. The number of allylic oxidation sites excluding steroid dienone is 2. The Labute approximate surface area is 177 Å². The van der Waals surface area contributed by atoms with Crippen LogP contribution < -0.4 is 4.74 Å². The van der Waals surface area contributed by atoms with E-state index in [0.717, 1.165) is 18.4 Å². The van der Waals surface area contributed by atoms with E-state index in [1.54, 1.807) is 7.11 Å². The molecule has 1 aliphatic carbocycles. The molecule has 1 aromatic carbocycles. The Kier molecular flexibility index (Phi) is 6.06. The van der Waals surface area contributed by atoms with Crippen molar-refractivity contribution in [1.29, 1.82) is 0 Å². The molecule has 0 bridgehead atoms. The van der Waals surface area contributed by atoms with E-state index in [1.807, 2.05) is 18.2 Å². The van der Waals surface area contributed by atoms with Crippen LogP contribution in [0.5, 0.6) is 5.75 Å². The molecule has 1 aliphatic heterocycles. The summed E-state index contributed by atoms with van der Waals surface area (Å²) in [4.78, 5) is 13.5. The van der Waals surface area contributed by atoms with Crippen molar-refractivity contribution in [2.75, 3.05) is 20.3 Å². The first-order valence-electron chi connectivity index (χ1n) is 10.6. The third kappa shape index (κ3) is 3.82. The monoisotopic (exact) mass is 411 g/mol. The lowest BCUT2D eigenvalue weighted by atomic mass is 9.75. The summed E-state index contributed by atoms with van der Waals surface area (Å²) in [7, 11) is 1.61. The van der Waals surface area contributed by atoms with Crippen LogP contribution in [0.4, 0.5) is 0 Å². The molecule has 2 heterocycles. The van der Waals surface area contributed by atoms with Crippen molar-refractivity contribution in [2.45, 2.75) is 46.3 Å². The Bertz CT molecular complexity index is 951. The van der Waals surface area contributed by atoms with Gasteiger partial charge in [0, 0.05) is 17.9 Å². The average molecular weight is 411 g/mol. The highest BCUT2D eigenvalue weighted by molar-refractivity contribution is 6.05. The molecule has 2 aliphatic rings. The summed E-state index contributed by atoms with van der Waals surface area (Å²) in [6, 6.07) is 5.69. The molecule has 1 aromatic heterocycles. The average Bonchev–Trinajstić information content (AvgIpc) is 3.16. The second-order valence-electron chi connectivity index (χ2n) is 8.35. The molecule has 6 heteroatoms. The number of methoxy groups -OCH3 is 1. The summed E-state index contributed by atoms with van der Waals surface area (Å²) in [6.45, 7) is 7.46. The van der Waals surface area contributed by atoms with Gasteiger partial charge in [-0.3, -0.25) is 4.79 Å². The summed E-state index contributed by atoms with van der Waals surface area (Å²) in [6.07, 6.45) is 3.89. The maximum absolute atomic E-state index is 13.5. The lowest BCUT2D eigenvalue weighted by Crippen LogP contribution is -2.29. The molecule has 0 saturated carbocycles. The molecule has 2 aromatic rings. The molecule has 2 atom stereocenters. The van der Waals surface area contributed by atoms with Crippen LogP contribution >= 0.6 is 0 Å². The first-order valence-corrected chi connectivity index (χ1v) is 10.6. The summed E-state index contributed by atoms with van der Waals surface area (Å²) in [5, 5.41) is 4.34. The van der Waals surface area contributed by atoms with Gasteiger partial charge < -0.3 is 18.7 Å². The van der Waals surface area contributed by atoms with Crippen molar-refractivity contribution < 1.29 is 23.5 Å². The molecule has 2 unspecified atom stereocenters. The predicted octanol–water partition coefficient (Wildman–Crippen LogP) is 5.13. The van der Waals surface area contributed by atoms with Crippen LogP contribution in [0, 0.1) is 11.8 Å². The number of nitrogens with zero attached hydrogens (tertiary/aromatic N) is 1. The predicted molar refractivity (Wildman–Crippen MR) is 112 cm³/mol. The van der Waals surface area contributed by atoms with Crippen LogP contribution in [0.25, 0.3) is 11.3 Å². The third-order valence-corrected chi connectivity index (χ3v) is 5.92. The second-order valence-corrected chi connectivity index (χ2v) is 8.35. The van der Waals surface area contributed by atoms with Gasteiger partial charge >= 0.3 is 0 Å². The first kappa shape index (κ1) is 20.8. The standard InChI is InChI=1S/C24H29NO5/c1-14(2)9-10-16-15(3)13-19-21(23(16)26)22(25-30-19)20-17(7-5-8-18(20)27-4)24-28-11-6-12-29-24/h5,7-9,15-16,24H,6,10-13H2,1-4H3. The number of hydrogen-bond donors (Lipinski definition) is 0. The van der Waals surface area contributed by atoms with Gasteiger partial charge in [0.25, 0.3) is 0 Å². The minimum Gasteiger partial charge on any atom is -0.496 e. The molecule has 160 valence electrons. The van der Waals surface area contributed by atoms with Gasteiger partial charge in [0.1, 0.15) is 17.2 Å². The quantitative estimate of drug-likeness (QED) is 0.635. The Morgan fingerprint density at radius 1 is 1.23 bits per heavy atom. The summed E-state index contributed by atoms with van der Waals surface area (Å²) in [5.74, 6) is 1.46. The fourth-order valence-electron chi connectivity index (χ4n) is 4.30. The lowest BCUT2D eigenvalue weighted by Gasteiger charge is -2.27. The molecule has 0 N–H and O–H groups in total. The topological polar surface area (TPSA) is 70.8 Å². The Balaban J connectivity index is 1.81. The van der Waals surface area contributed by atoms with Crippen LogP contribution in [-0.2, 0) is 15.9 Å². The number of carbonyl (C=O) groups excluding carboxylic acids is 1. The van der Waals surface area contributed by atoms with E-state index in [0.29, 0.717) is 48.0 Å². The number of fused-ring (bicyclic) bond motifs is 1. The van der Waals surface area contributed by atoms with Gasteiger partial charge in [-0.05, 0) is 38.7 Å². The number of aromatic nitrogens is 1. The normalized spacial score (nSPS) is 21.9. The number of ketones is 1. The number of carbonyl (C=O) groups is 1. The maximum Gasteiger partial charge on any atom is 0.184 e. The van der Waals surface area contributed by atoms with Crippen molar-refractivity contribution in [2.24, 2.45) is 11.8 Å². The van der Waals surface area contributed by atoms with Gasteiger partial charge in [0.2, 0.25) is 0 Å². The molecule has 0 radical (unpaired) electrons.